The molecule has 4 heteroatoms. The van der Waals surface area contributed by atoms with Gasteiger partial charge in [-0.15, -0.1) is 0 Å². The largest absolute Gasteiger partial charge is 0.351 e. The van der Waals surface area contributed by atoms with Gasteiger partial charge in [-0.2, -0.15) is 0 Å². The second-order valence-electron chi connectivity index (χ2n) is 5.04. The lowest BCUT2D eigenvalue weighted by Crippen LogP contribution is -2.39. The van der Waals surface area contributed by atoms with Gasteiger partial charge < -0.3 is 5.73 Å². The van der Waals surface area contributed by atoms with Gasteiger partial charge in [-0.3, -0.25) is 10.1 Å². The second-order valence-corrected chi connectivity index (χ2v) is 5.04. The molecule has 1 aromatic rings. The van der Waals surface area contributed by atoms with Gasteiger partial charge in [-0.1, -0.05) is 50.1 Å². The van der Waals surface area contributed by atoms with Gasteiger partial charge in [0.15, 0.2) is 0 Å². The molecular formula is C16H24N2O2. The fourth-order valence-electron chi connectivity index (χ4n) is 2.29. The molecule has 0 saturated carbocycles. The number of hydrogen-bond acceptors (Lipinski definition) is 2. The molecule has 0 heterocycles. The number of rotatable bonds is 8. The molecule has 110 valence electrons. The Morgan fingerprint density at radius 2 is 1.85 bits per heavy atom. The molecule has 0 bridgehead atoms. The van der Waals surface area contributed by atoms with Crippen LogP contribution in [0.15, 0.2) is 30.3 Å². The lowest BCUT2D eigenvalue weighted by Gasteiger charge is -2.13. The van der Waals surface area contributed by atoms with E-state index in [1.165, 1.54) is 5.56 Å². The van der Waals surface area contributed by atoms with Crippen LogP contribution in [0.1, 0.15) is 44.6 Å². The summed E-state index contributed by atoms with van der Waals surface area (Å²) in [5.41, 5.74) is 6.31. The van der Waals surface area contributed by atoms with Gasteiger partial charge in [0.05, 0.1) is 0 Å². The van der Waals surface area contributed by atoms with Crippen molar-refractivity contribution in [2.75, 3.05) is 0 Å². The highest BCUT2D eigenvalue weighted by Gasteiger charge is 2.16. The highest BCUT2D eigenvalue weighted by Crippen LogP contribution is 2.15. The molecule has 1 atom stereocenters. The Kier molecular flexibility index (Phi) is 7.40. The van der Waals surface area contributed by atoms with E-state index in [0.29, 0.717) is 0 Å². The van der Waals surface area contributed by atoms with Crippen LogP contribution < -0.4 is 11.1 Å². The van der Waals surface area contributed by atoms with Gasteiger partial charge in [-0.05, 0) is 31.2 Å². The minimum Gasteiger partial charge on any atom is -0.351 e. The van der Waals surface area contributed by atoms with Crippen molar-refractivity contribution in [2.45, 2.75) is 45.4 Å². The minimum absolute atomic E-state index is 0.112. The zero-order valence-electron chi connectivity index (χ0n) is 12.1. The average molecular weight is 276 g/mol. The molecule has 0 aliphatic carbocycles. The SMILES string of the molecule is CCC(CCCCCc1ccccc1)C(=O)NC(N)=O. The number of benzene rings is 1. The number of amides is 3. The van der Waals surface area contributed by atoms with Crippen molar-refractivity contribution in [2.24, 2.45) is 11.7 Å². The van der Waals surface area contributed by atoms with Crippen molar-refractivity contribution in [3.63, 3.8) is 0 Å². The summed E-state index contributed by atoms with van der Waals surface area (Å²) in [4.78, 5) is 22.3. The highest BCUT2D eigenvalue weighted by atomic mass is 16.2. The van der Waals surface area contributed by atoms with E-state index in [1.54, 1.807) is 0 Å². The molecular weight excluding hydrogens is 252 g/mol. The molecule has 0 aromatic heterocycles. The van der Waals surface area contributed by atoms with Crippen molar-refractivity contribution in [1.29, 1.82) is 0 Å². The smallest absolute Gasteiger partial charge is 0.318 e. The third-order valence-corrected chi connectivity index (χ3v) is 3.47. The zero-order valence-corrected chi connectivity index (χ0v) is 12.1. The normalized spacial score (nSPS) is 11.8. The number of nitrogens with one attached hydrogen (secondary N) is 1. The summed E-state index contributed by atoms with van der Waals surface area (Å²) in [6.07, 6.45) is 5.83. The van der Waals surface area contributed by atoms with E-state index in [9.17, 15) is 9.59 Å². The van der Waals surface area contributed by atoms with Crippen LogP contribution in [0.2, 0.25) is 0 Å². The maximum Gasteiger partial charge on any atom is 0.318 e. The van der Waals surface area contributed by atoms with E-state index in [0.717, 1.165) is 38.5 Å². The summed E-state index contributed by atoms with van der Waals surface area (Å²) < 4.78 is 0. The molecule has 0 aliphatic heterocycles. The molecule has 0 spiro atoms. The third-order valence-electron chi connectivity index (χ3n) is 3.47. The average Bonchev–Trinajstić information content (AvgIpc) is 2.43. The Bertz CT molecular complexity index is 418. The van der Waals surface area contributed by atoms with Crippen LogP contribution in [0.25, 0.3) is 0 Å². The van der Waals surface area contributed by atoms with E-state index >= 15 is 0 Å². The van der Waals surface area contributed by atoms with Crippen LogP contribution in [-0.4, -0.2) is 11.9 Å². The van der Waals surface area contributed by atoms with Gasteiger partial charge >= 0.3 is 6.03 Å². The van der Waals surface area contributed by atoms with Crippen LogP contribution in [-0.2, 0) is 11.2 Å². The van der Waals surface area contributed by atoms with Crippen molar-refractivity contribution >= 4 is 11.9 Å². The number of imide groups is 1. The third kappa shape index (κ3) is 6.36. The van der Waals surface area contributed by atoms with Gasteiger partial charge in [-0.25, -0.2) is 4.79 Å². The van der Waals surface area contributed by atoms with Gasteiger partial charge in [0.1, 0.15) is 0 Å². The molecule has 1 rings (SSSR count). The number of nitrogens with two attached hydrogens (primary N) is 1. The Labute approximate surface area is 120 Å². The summed E-state index contributed by atoms with van der Waals surface area (Å²) in [6.45, 7) is 1.95. The fraction of sp³-hybridized carbons (Fsp3) is 0.500. The second kappa shape index (κ2) is 9.13. The first-order valence-electron chi connectivity index (χ1n) is 7.27. The Balaban J connectivity index is 2.18. The zero-order chi connectivity index (χ0) is 14.8. The first-order valence-corrected chi connectivity index (χ1v) is 7.27. The van der Waals surface area contributed by atoms with Crippen LogP contribution in [0.5, 0.6) is 0 Å². The predicted octanol–water partition coefficient (Wildman–Crippen LogP) is 3.01. The molecule has 3 N–H and O–H groups in total. The lowest BCUT2D eigenvalue weighted by atomic mass is 9.96. The van der Waals surface area contributed by atoms with Crippen LogP contribution in [0.4, 0.5) is 4.79 Å². The van der Waals surface area contributed by atoms with Crippen molar-refractivity contribution < 1.29 is 9.59 Å². The van der Waals surface area contributed by atoms with E-state index in [-0.39, 0.29) is 11.8 Å². The predicted molar refractivity (Wildman–Crippen MR) is 80.1 cm³/mol. The molecule has 20 heavy (non-hydrogen) atoms. The molecule has 0 aliphatic rings. The number of carbonyl (C=O) groups is 2. The van der Waals surface area contributed by atoms with E-state index in [4.69, 9.17) is 5.73 Å². The van der Waals surface area contributed by atoms with Crippen LogP contribution in [0, 0.1) is 5.92 Å². The minimum atomic E-state index is -0.766. The lowest BCUT2D eigenvalue weighted by molar-refractivity contribution is -0.124. The van der Waals surface area contributed by atoms with Gasteiger partial charge in [0, 0.05) is 5.92 Å². The summed E-state index contributed by atoms with van der Waals surface area (Å²) in [6, 6.07) is 9.63. The van der Waals surface area contributed by atoms with E-state index < -0.39 is 6.03 Å². The molecule has 1 aromatic carbocycles. The first kappa shape index (κ1) is 16.2. The number of unbranched alkanes of at least 4 members (excludes halogenated alkanes) is 2. The van der Waals surface area contributed by atoms with E-state index in [2.05, 4.69) is 29.6 Å². The number of urea groups is 1. The number of primary amides is 1. The van der Waals surface area contributed by atoms with Crippen molar-refractivity contribution in [3.05, 3.63) is 35.9 Å². The molecule has 0 radical (unpaired) electrons. The maximum absolute atomic E-state index is 11.7. The fourth-order valence-corrected chi connectivity index (χ4v) is 2.29. The van der Waals surface area contributed by atoms with Gasteiger partial charge in [0.25, 0.3) is 0 Å². The maximum atomic E-state index is 11.7. The number of aryl methyl sites for hydroxylation is 1. The Morgan fingerprint density at radius 3 is 2.45 bits per heavy atom. The summed E-state index contributed by atoms with van der Waals surface area (Å²) >= 11 is 0. The standard InChI is InChI=1S/C16H24N2O2/c1-2-14(15(19)18-16(17)20)12-8-4-7-11-13-9-5-3-6-10-13/h3,5-6,9-10,14H,2,4,7-8,11-12H2,1H3,(H3,17,18,19,20). The Morgan fingerprint density at radius 1 is 1.15 bits per heavy atom. The monoisotopic (exact) mass is 276 g/mol. The summed E-state index contributed by atoms with van der Waals surface area (Å²) in [7, 11) is 0. The van der Waals surface area contributed by atoms with E-state index in [1.807, 2.05) is 13.0 Å². The first-order chi connectivity index (χ1) is 9.63. The van der Waals surface area contributed by atoms with Crippen molar-refractivity contribution in [1.82, 2.24) is 5.32 Å². The topological polar surface area (TPSA) is 72.2 Å². The quantitative estimate of drug-likeness (QED) is 0.716. The molecule has 1 unspecified atom stereocenters. The molecule has 3 amide bonds. The Hall–Kier alpha value is -1.84. The molecule has 0 saturated heterocycles. The number of carbonyl (C=O) groups excluding carboxylic acids is 2. The molecule has 0 fully saturated rings. The van der Waals surface area contributed by atoms with Gasteiger partial charge in [0.2, 0.25) is 5.91 Å². The van der Waals surface area contributed by atoms with Crippen LogP contribution >= 0.6 is 0 Å². The van der Waals surface area contributed by atoms with Crippen LogP contribution in [0.3, 0.4) is 0 Å². The summed E-state index contributed by atoms with van der Waals surface area (Å²) in [5.74, 6) is -0.359. The number of hydrogen-bond donors (Lipinski definition) is 2. The highest BCUT2D eigenvalue weighted by molar-refractivity contribution is 5.94. The molecule has 4 nitrogen and oxygen atoms in total. The van der Waals surface area contributed by atoms with Crippen molar-refractivity contribution in [3.8, 4) is 0 Å². The summed E-state index contributed by atoms with van der Waals surface area (Å²) in [5, 5.41) is 2.16.